The molecule has 21 heavy (non-hydrogen) atoms. The quantitative estimate of drug-likeness (QED) is 0.783. The first kappa shape index (κ1) is 15.1. The van der Waals surface area contributed by atoms with E-state index in [1.165, 1.54) is 61.8 Å². The van der Waals surface area contributed by atoms with Crippen LogP contribution in [0.1, 0.15) is 57.4 Å². The van der Waals surface area contributed by atoms with Gasteiger partial charge in [-0.15, -0.1) is 0 Å². The molecular weight excluding hydrogens is 256 g/mol. The van der Waals surface area contributed by atoms with Crippen LogP contribution >= 0.6 is 0 Å². The smallest absolute Gasteiger partial charge is 0.140 e. The average Bonchev–Trinajstić information content (AvgIpc) is 3.28. The molecule has 2 nitrogen and oxygen atoms in total. The number of quaternary nitrogens is 1. The van der Waals surface area contributed by atoms with Crippen LogP contribution in [0, 0.1) is 0 Å². The largest absolute Gasteiger partial charge is 0.309 e. The molecule has 0 spiro atoms. The molecule has 1 heterocycles. The third-order valence-electron chi connectivity index (χ3n) is 5.67. The molecule has 3 atom stereocenters. The second-order valence-corrected chi connectivity index (χ2v) is 7.15. The van der Waals surface area contributed by atoms with Gasteiger partial charge in [0.25, 0.3) is 0 Å². The summed E-state index contributed by atoms with van der Waals surface area (Å²) in [5.41, 5.74) is 1.52. The van der Waals surface area contributed by atoms with E-state index in [0.29, 0.717) is 12.2 Å². The molecule has 2 heteroatoms. The maximum absolute atomic E-state index is 3.97. The summed E-state index contributed by atoms with van der Waals surface area (Å²) in [6, 6.07) is 11.7. The highest BCUT2D eigenvalue weighted by atomic mass is 15.4. The zero-order chi connectivity index (χ0) is 14.7. The number of hydrogen-bond donors (Lipinski definition) is 1. The molecule has 1 saturated carbocycles. The maximum Gasteiger partial charge on any atom is 0.140 e. The van der Waals surface area contributed by atoms with E-state index in [1.807, 2.05) is 0 Å². The van der Waals surface area contributed by atoms with E-state index in [4.69, 9.17) is 0 Å². The van der Waals surface area contributed by atoms with Gasteiger partial charge >= 0.3 is 0 Å². The fourth-order valence-corrected chi connectivity index (χ4v) is 4.31. The third-order valence-corrected chi connectivity index (χ3v) is 5.67. The fraction of sp³-hybridized carbons (Fsp3) is 0.684. The van der Waals surface area contributed by atoms with Crippen LogP contribution in [-0.2, 0) is 0 Å². The molecule has 2 aliphatic rings. The van der Waals surface area contributed by atoms with Gasteiger partial charge in [-0.25, -0.2) is 0 Å². The number of hydrogen-bond acceptors (Lipinski definition) is 1. The number of benzene rings is 1. The van der Waals surface area contributed by atoms with E-state index < -0.39 is 0 Å². The average molecular weight is 287 g/mol. The Hall–Kier alpha value is -0.860. The first-order valence-corrected chi connectivity index (χ1v) is 8.92. The Morgan fingerprint density at radius 2 is 1.86 bits per heavy atom. The minimum atomic E-state index is 0.615. The molecule has 0 bridgehead atoms. The van der Waals surface area contributed by atoms with Crippen molar-refractivity contribution in [1.82, 2.24) is 5.32 Å². The number of nitrogens with zero attached hydrogens (tertiary/aromatic N) is 1. The Morgan fingerprint density at radius 1 is 1.14 bits per heavy atom. The predicted octanol–water partition coefficient (Wildman–Crippen LogP) is 3.89. The predicted molar refractivity (Wildman–Crippen MR) is 89.2 cm³/mol. The van der Waals surface area contributed by atoms with Gasteiger partial charge in [-0.3, -0.25) is 5.32 Å². The number of piperidine rings is 1. The normalized spacial score (nSPS) is 29.0. The standard InChI is InChI=1S/C19H31N2/c1-3-12-21(13-8-5-9-14-21)16(2)20-19-15-18(19)17-10-6-4-7-11-17/h4,6-7,10-11,16,18-20H,3,5,8-9,12-15H2,1-2H3/q+1. The van der Waals surface area contributed by atoms with Gasteiger partial charge in [-0.2, -0.15) is 0 Å². The van der Waals surface area contributed by atoms with Crippen molar-refractivity contribution in [3.63, 3.8) is 0 Å². The summed E-state index contributed by atoms with van der Waals surface area (Å²) in [6.45, 7) is 8.87. The molecule has 1 aliphatic heterocycles. The number of rotatable bonds is 6. The van der Waals surface area contributed by atoms with Crippen molar-refractivity contribution >= 4 is 0 Å². The molecule has 3 rings (SSSR count). The lowest BCUT2D eigenvalue weighted by molar-refractivity contribution is -0.956. The van der Waals surface area contributed by atoms with Crippen LogP contribution in [0.3, 0.4) is 0 Å². The van der Waals surface area contributed by atoms with Gasteiger partial charge in [0.15, 0.2) is 0 Å². The van der Waals surface area contributed by atoms with Crippen molar-refractivity contribution in [2.24, 2.45) is 0 Å². The lowest BCUT2D eigenvalue weighted by Crippen LogP contribution is -2.62. The van der Waals surface area contributed by atoms with Gasteiger partial charge in [-0.05, 0) is 37.7 Å². The summed E-state index contributed by atoms with van der Waals surface area (Å²) in [5, 5.41) is 3.97. The highest BCUT2D eigenvalue weighted by molar-refractivity contribution is 5.27. The Bertz CT molecular complexity index is 431. The van der Waals surface area contributed by atoms with E-state index in [9.17, 15) is 0 Å². The van der Waals surface area contributed by atoms with Crippen molar-refractivity contribution in [3.05, 3.63) is 35.9 Å². The third kappa shape index (κ3) is 3.32. The summed E-state index contributed by atoms with van der Waals surface area (Å²) in [4.78, 5) is 0. The Balaban J connectivity index is 1.59. The molecular formula is C19H31N2+. The van der Waals surface area contributed by atoms with Crippen molar-refractivity contribution in [2.45, 2.75) is 64.1 Å². The molecule has 1 aromatic carbocycles. The van der Waals surface area contributed by atoms with Crippen molar-refractivity contribution < 1.29 is 4.48 Å². The van der Waals surface area contributed by atoms with Crippen LogP contribution in [0.2, 0.25) is 0 Å². The van der Waals surface area contributed by atoms with Crippen LogP contribution in [0.4, 0.5) is 0 Å². The minimum absolute atomic E-state index is 0.615. The van der Waals surface area contributed by atoms with Gasteiger partial charge in [0.2, 0.25) is 0 Å². The summed E-state index contributed by atoms with van der Waals surface area (Å²) in [5.74, 6) is 0.750. The highest BCUT2D eigenvalue weighted by Crippen LogP contribution is 2.41. The van der Waals surface area contributed by atoms with Crippen molar-refractivity contribution in [2.75, 3.05) is 19.6 Å². The van der Waals surface area contributed by atoms with E-state index in [2.05, 4.69) is 49.5 Å². The molecule has 1 N–H and O–H groups in total. The summed E-state index contributed by atoms with van der Waals surface area (Å²) in [7, 11) is 0. The van der Waals surface area contributed by atoms with Gasteiger partial charge in [0.05, 0.1) is 19.6 Å². The SMILES string of the molecule is CCC[N+]1(C(C)NC2CC2c2ccccc2)CCCCC1. The Morgan fingerprint density at radius 3 is 2.52 bits per heavy atom. The van der Waals surface area contributed by atoms with E-state index in [1.54, 1.807) is 0 Å². The minimum Gasteiger partial charge on any atom is -0.309 e. The molecule has 1 aromatic rings. The molecule has 0 aromatic heterocycles. The second kappa shape index (κ2) is 6.50. The number of likely N-dealkylation sites (tertiary alicyclic amines) is 1. The molecule has 1 aliphatic carbocycles. The zero-order valence-corrected chi connectivity index (χ0v) is 13.7. The van der Waals surface area contributed by atoms with Crippen LogP contribution in [0.5, 0.6) is 0 Å². The van der Waals surface area contributed by atoms with Crippen LogP contribution in [-0.4, -0.2) is 36.3 Å². The van der Waals surface area contributed by atoms with Crippen LogP contribution < -0.4 is 5.32 Å². The summed E-state index contributed by atoms with van der Waals surface area (Å²) < 4.78 is 1.31. The van der Waals surface area contributed by atoms with Crippen LogP contribution in [0.15, 0.2) is 30.3 Å². The first-order valence-electron chi connectivity index (χ1n) is 8.92. The fourth-order valence-electron chi connectivity index (χ4n) is 4.31. The lowest BCUT2D eigenvalue weighted by Gasteiger charge is -2.46. The first-order chi connectivity index (χ1) is 10.2. The molecule has 116 valence electrons. The van der Waals surface area contributed by atoms with Gasteiger partial charge in [0, 0.05) is 18.9 Å². The topological polar surface area (TPSA) is 12.0 Å². The van der Waals surface area contributed by atoms with Gasteiger partial charge in [-0.1, -0.05) is 37.3 Å². The van der Waals surface area contributed by atoms with Gasteiger partial charge in [0.1, 0.15) is 6.17 Å². The van der Waals surface area contributed by atoms with Crippen molar-refractivity contribution in [3.8, 4) is 0 Å². The van der Waals surface area contributed by atoms with E-state index in [-0.39, 0.29) is 0 Å². The maximum atomic E-state index is 3.97. The molecule has 0 radical (unpaired) electrons. The van der Waals surface area contributed by atoms with E-state index in [0.717, 1.165) is 5.92 Å². The second-order valence-electron chi connectivity index (χ2n) is 7.15. The number of nitrogens with one attached hydrogen (secondary N) is 1. The molecule has 3 unspecified atom stereocenters. The van der Waals surface area contributed by atoms with E-state index >= 15 is 0 Å². The van der Waals surface area contributed by atoms with Gasteiger partial charge < -0.3 is 4.48 Å². The monoisotopic (exact) mass is 287 g/mol. The Labute approximate surface area is 130 Å². The molecule has 2 fully saturated rings. The summed E-state index contributed by atoms with van der Waals surface area (Å²) in [6.07, 6.45) is 7.51. The summed E-state index contributed by atoms with van der Waals surface area (Å²) >= 11 is 0. The molecule has 1 saturated heterocycles. The van der Waals surface area contributed by atoms with Crippen molar-refractivity contribution in [1.29, 1.82) is 0 Å². The highest BCUT2D eigenvalue weighted by Gasteiger charge is 2.43. The van der Waals surface area contributed by atoms with Crippen LogP contribution in [0.25, 0.3) is 0 Å². The molecule has 0 amide bonds. The Kier molecular flexibility index (Phi) is 4.66. The lowest BCUT2D eigenvalue weighted by atomic mass is 10.1. The zero-order valence-electron chi connectivity index (χ0n) is 13.7.